The van der Waals surface area contributed by atoms with E-state index in [1.54, 1.807) is 0 Å². The molecule has 4 heteroatoms. The van der Waals surface area contributed by atoms with Crippen molar-refractivity contribution in [3.05, 3.63) is 28.8 Å². The fraction of sp³-hybridized carbons (Fsp3) is 0.500. The number of β-amino-alcohol motifs (C(OH)–C–C–N with tert-alkyl or cyclic N) is 1. The number of nitrogens with two attached hydrogens (primary N) is 1. The highest BCUT2D eigenvalue weighted by Gasteiger charge is 2.21. The maximum atomic E-state index is 9.68. The minimum atomic E-state index is -0.254. The summed E-state index contributed by atoms with van der Waals surface area (Å²) in [5.74, 6) is 0. The van der Waals surface area contributed by atoms with E-state index in [-0.39, 0.29) is 6.10 Å². The first-order valence-electron chi connectivity index (χ1n) is 5.63. The van der Waals surface area contributed by atoms with Crippen LogP contribution < -0.4 is 10.6 Å². The van der Waals surface area contributed by atoms with Crippen LogP contribution in [0.2, 0.25) is 5.02 Å². The Hall–Kier alpha value is -0.770. The lowest BCUT2D eigenvalue weighted by Crippen LogP contribution is -2.39. The van der Waals surface area contributed by atoms with E-state index < -0.39 is 0 Å². The van der Waals surface area contributed by atoms with E-state index in [0.717, 1.165) is 35.7 Å². The van der Waals surface area contributed by atoms with Crippen LogP contribution in [0.1, 0.15) is 18.4 Å². The zero-order valence-corrected chi connectivity index (χ0v) is 9.95. The lowest BCUT2D eigenvalue weighted by molar-refractivity contribution is 0.154. The molecule has 0 aromatic heterocycles. The molecule has 1 saturated heterocycles. The van der Waals surface area contributed by atoms with Crippen molar-refractivity contribution in [3.63, 3.8) is 0 Å². The minimum Gasteiger partial charge on any atom is -0.391 e. The van der Waals surface area contributed by atoms with Gasteiger partial charge in [-0.1, -0.05) is 23.7 Å². The molecule has 0 bridgehead atoms. The normalized spacial score (nSPS) is 21.2. The van der Waals surface area contributed by atoms with Crippen LogP contribution in [0.3, 0.4) is 0 Å². The summed E-state index contributed by atoms with van der Waals surface area (Å²) in [4.78, 5) is 2.14. The number of benzene rings is 1. The number of para-hydroxylation sites is 1. The Bertz CT molecular complexity index is 370. The molecule has 1 aromatic carbocycles. The van der Waals surface area contributed by atoms with Crippen molar-refractivity contribution in [2.75, 3.05) is 18.0 Å². The Morgan fingerprint density at radius 1 is 1.50 bits per heavy atom. The van der Waals surface area contributed by atoms with Gasteiger partial charge in [0.1, 0.15) is 0 Å². The van der Waals surface area contributed by atoms with E-state index in [0.29, 0.717) is 13.1 Å². The molecule has 0 radical (unpaired) electrons. The summed E-state index contributed by atoms with van der Waals surface area (Å²) < 4.78 is 0. The van der Waals surface area contributed by atoms with E-state index in [1.807, 2.05) is 18.2 Å². The minimum absolute atomic E-state index is 0.254. The first-order valence-corrected chi connectivity index (χ1v) is 6.00. The SMILES string of the molecule is NCc1cccc(Cl)c1N1CCCC(O)C1. The second-order valence-electron chi connectivity index (χ2n) is 4.19. The molecule has 1 aromatic rings. The van der Waals surface area contributed by atoms with Crippen LogP contribution in [0.25, 0.3) is 0 Å². The van der Waals surface area contributed by atoms with Gasteiger partial charge in [-0.25, -0.2) is 0 Å². The third-order valence-electron chi connectivity index (χ3n) is 3.00. The Labute approximate surface area is 101 Å². The predicted octanol–water partition coefficient (Wildman–Crippen LogP) is 1.76. The Morgan fingerprint density at radius 2 is 2.31 bits per heavy atom. The molecule has 3 N–H and O–H groups in total. The predicted molar refractivity (Wildman–Crippen MR) is 66.8 cm³/mol. The van der Waals surface area contributed by atoms with Gasteiger partial charge in [0.2, 0.25) is 0 Å². The molecule has 2 rings (SSSR count). The summed E-state index contributed by atoms with van der Waals surface area (Å²) in [7, 11) is 0. The van der Waals surface area contributed by atoms with Gasteiger partial charge in [-0.15, -0.1) is 0 Å². The molecule has 0 spiro atoms. The van der Waals surface area contributed by atoms with Crippen LogP contribution in [0, 0.1) is 0 Å². The van der Waals surface area contributed by atoms with Crippen molar-refractivity contribution in [2.24, 2.45) is 5.73 Å². The van der Waals surface area contributed by atoms with Crippen molar-refractivity contribution in [1.82, 2.24) is 0 Å². The van der Waals surface area contributed by atoms with Gasteiger partial charge < -0.3 is 15.7 Å². The van der Waals surface area contributed by atoms with Crippen LogP contribution >= 0.6 is 11.6 Å². The number of hydrogen-bond donors (Lipinski definition) is 2. The zero-order chi connectivity index (χ0) is 11.5. The summed E-state index contributed by atoms with van der Waals surface area (Å²) in [5, 5.41) is 10.4. The monoisotopic (exact) mass is 240 g/mol. The highest BCUT2D eigenvalue weighted by atomic mass is 35.5. The number of piperidine rings is 1. The quantitative estimate of drug-likeness (QED) is 0.828. The number of hydrogen-bond acceptors (Lipinski definition) is 3. The summed E-state index contributed by atoms with van der Waals surface area (Å²) in [5.41, 5.74) is 7.75. The van der Waals surface area contributed by atoms with Gasteiger partial charge in [0.05, 0.1) is 16.8 Å². The molecule has 1 fully saturated rings. The lowest BCUT2D eigenvalue weighted by Gasteiger charge is -2.33. The molecule has 88 valence electrons. The van der Waals surface area contributed by atoms with Crippen LogP contribution in [0.4, 0.5) is 5.69 Å². The van der Waals surface area contributed by atoms with Gasteiger partial charge in [-0.2, -0.15) is 0 Å². The van der Waals surface area contributed by atoms with Gasteiger partial charge in [-0.3, -0.25) is 0 Å². The van der Waals surface area contributed by atoms with Gasteiger partial charge in [0, 0.05) is 19.6 Å². The van der Waals surface area contributed by atoms with Gasteiger partial charge in [0.25, 0.3) is 0 Å². The molecular weight excluding hydrogens is 224 g/mol. The van der Waals surface area contributed by atoms with E-state index in [4.69, 9.17) is 17.3 Å². The fourth-order valence-corrected chi connectivity index (χ4v) is 2.55. The van der Waals surface area contributed by atoms with Crippen molar-refractivity contribution >= 4 is 17.3 Å². The first-order chi connectivity index (χ1) is 7.72. The number of aliphatic hydroxyl groups excluding tert-OH is 1. The zero-order valence-electron chi connectivity index (χ0n) is 9.19. The number of halogens is 1. The van der Waals surface area contributed by atoms with Crippen LogP contribution in [-0.4, -0.2) is 24.3 Å². The summed E-state index contributed by atoms with van der Waals surface area (Å²) >= 11 is 6.21. The van der Waals surface area contributed by atoms with Crippen LogP contribution in [0.5, 0.6) is 0 Å². The number of rotatable bonds is 2. The molecule has 3 nitrogen and oxygen atoms in total. The highest BCUT2D eigenvalue weighted by molar-refractivity contribution is 6.33. The van der Waals surface area contributed by atoms with Crippen molar-refractivity contribution in [2.45, 2.75) is 25.5 Å². The highest BCUT2D eigenvalue weighted by Crippen LogP contribution is 2.31. The number of nitrogens with zero attached hydrogens (tertiary/aromatic N) is 1. The maximum Gasteiger partial charge on any atom is 0.0715 e. The topological polar surface area (TPSA) is 49.5 Å². The summed E-state index contributed by atoms with van der Waals surface area (Å²) in [6.07, 6.45) is 1.62. The van der Waals surface area contributed by atoms with Crippen molar-refractivity contribution < 1.29 is 5.11 Å². The molecule has 1 atom stereocenters. The Kier molecular flexibility index (Phi) is 3.69. The molecule has 1 aliphatic heterocycles. The van der Waals surface area contributed by atoms with E-state index >= 15 is 0 Å². The van der Waals surface area contributed by atoms with E-state index in [1.165, 1.54) is 0 Å². The van der Waals surface area contributed by atoms with Crippen molar-refractivity contribution in [1.29, 1.82) is 0 Å². The standard InChI is InChI=1S/C12H17ClN2O/c13-11-5-1-3-9(7-14)12(11)15-6-2-4-10(16)8-15/h1,3,5,10,16H,2,4,6-8,14H2. The lowest BCUT2D eigenvalue weighted by atomic mass is 10.1. The molecule has 0 saturated carbocycles. The molecule has 1 unspecified atom stereocenters. The largest absolute Gasteiger partial charge is 0.391 e. The second-order valence-corrected chi connectivity index (χ2v) is 4.60. The first kappa shape index (κ1) is 11.7. The maximum absolute atomic E-state index is 9.68. The smallest absolute Gasteiger partial charge is 0.0715 e. The summed E-state index contributed by atoms with van der Waals surface area (Å²) in [6, 6.07) is 5.77. The van der Waals surface area contributed by atoms with Crippen molar-refractivity contribution in [3.8, 4) is 0 Å². The Balaban J connectivity index is 2.30. The van der Waals surface area contributed by atoms with Gasteiger partial charge in [0.15, 0.2) is 0 Å². The average Bonchev–Trinajstić information content (AvgIpc) is 2.28. The van der Waals surface area contributed by atoms with Gasteiger partial charge in [-0.05, 0) is 24.5 Å². The number of anilines is 1. The molecule has 1 aliphatic rings. The number of aliphatic hydroxyl groups is 1. The molecule has 1 heterocycles. The summed E-state index contributed by atoms with van der Waals surface area (Å²) in [6.45, 7) is 2.06. The third kappa shape index (κ3) is 2.32. The average molecular weight is 241 g/mol. The fourth-order valence-electron chi connectivity index (χ4n) is 2.24. The molecule has 16 heavy (non-hydrogen) atoms. The van der Waals surface area contributed by atoms with E-state index in [2.05, 4.69) is 4.90 Å². The molecule has 0 amide bonds. The van der Waals surface area contributed by atoms with Crippen LogP contribution in [0.15, 0.2) is 18.2 Å². The molecular formula is C12H17ClN2O. The molecule has 0 aliphatic carbocycles. The Morgan fingerprint density at radius 3 is 3.00 bits per heavy atom. The second kappa shape index (κ2) is 5.04. The van der Waals surface area contributed by atoms with Crippen LogP contribution in [-0.2, 0) is 6.54 Å². The van der Waals surface area contributed by atoms with E-state index in [9.17, 15) is 5.11 Å². The van der Waals surface area contributed by atoms with Gasteiger partial charge >= 0.3 is 0 Å². The third-order valence-corrected chi connectivity index (χ3v) is 3.31.